The van der Waals surface area contributed by atoms with Gasteiger partial charge in [0.05, 0.1) is 39.9 Å². The van der Waals surface area contributed by atoms with Crippen molar-refractivity contribution in [2.75, 3.05) is 40.9 Å². The molecule has 3 N–H and O–H groups in total. The van der Waals surface area contributed by atoms with Crippen molar-refractivity contribution < 1.29 is 32.9 Å². The second kappa shape index (κ2) is 52.3. The summed E-state index contributed by atoms with van der Waals surface area (Å²) in [6.07, 6.45) is 81.1. The molecular weight excluding hydrogens is 912 g/mol. The first-order chi connectivity index (χ1) is 35.0. The fourth-order valence-corrected chi connectivity index (χ4v) is 7.90. The number of hydrogen-bond donors (Lipinski definition) is 3. The third kappa shape index (κ3) is 54.2. The Morgan fingerprint density at radius 3 is 1.22 bits per heavy atom. The summed E-state index contributed by atoms with van der Waals surface area (Å²) in [5, 5.41) is 13.8. The maximum absolute atomic E-state index is 12.9. The average Bonchev–Trinajstić information content (AvgIpc) is 3.34. The lowest BCUT2D eigenvalue weighted by atomic mass is 10.1. The monoisotopic (exact) mass is 1020 g/mol. The van der Waals surface area contributed by atoms with Crippen LogP contribution in [0.5, 0.6) is 0 Å². The van der Waals surface area contributed by atoms with E-state index < -0.39 is 20.0 Å². The van der Waals surface area contributed by atoms with E-state index >= 15 is 0 Å². The Morgan fingerprint density at radius 2 is 0.833 bits per heavy atom. The molecule has 72 heavy (non-hydrogen) atoms. The number of phosphoric acid groups is 1. The lowest BCUT2D eigenvalue weighted by Gasteiger charge is -2.25. The van der Waals surface area contributed by atoms with Crippen LogP contribution >= 0.6 is 7.82 Å². The Labute approximate surface area is 442 Å². The van der Waals surface area contributed by atoms with Crippen molar-refractivity contribution >= 4 is 13.7 Å². The second-order valence-corrected chi connectivity index (χ2v) is 21.0. The molecule has 0 heterocycles. The minimum atomic E-state index is -4.35. The Hall–Kier alpha value is -3.62. The molecule has 3 atom stereocenters. The minimum absolute atomic E-state index is 0.0516. The quantitative estimate of drug-likeness (QED) is 0.0243. The summed E-state index contributed by atoms with van der Waals surface area (Å²) in [5.41, 5.74) is 0. The Balaban J connectivity index is 4.08. The number of quaternary nitrogens is 1. The minimum Gasteiger partial charge on any atom is -0.387 e. The highest BCUT2D eigenvalue weighted by Crippen LogP contribution is 2.43. The number of likely N-dealkylation sites (N-methyl/N-ethyl adjacent to an activating group) is 1. The van der Waals surface area contributed by atoms with Gasteiger partial charge in [-0.25, -0.2) is 4.57 Å². The summed E-state index contributed by atoms with van der Waals surface area (Å²) in [5.74, 6) is -0.198. The summed E-state index contributed by atoms with van der Waals surface area (Å²) in [4.78, 5) is 23.1. The van der Waals surface area contributed by atoms with Gasteiger partial charge in [0.15, 0.2) is 0 Å². The molecule has 0 aliphatic carbocycles. The molecule has 0 spiro atoms. The molecule has 9 heteroatoms. The molecule has 3 unspecified atom stereocenters. The zero-order valence-electron chi connectivity index (χ0n) is 46.4. The molecule has 0 rings (SSSR count). The molecule has 0 aliphatic rings. The summed E-state index contributed by atoms with van der Waals surface area (Å²) in [7, 11) is 1.54. The van der Waals surface area contributed by atoms with Crippen LogP contribution in [0.1, 0.15) is 194 Å². The maximum Gasteiger partial charge on any atom is 0.472 e. The maximum atomic E-state index is 12.9. The van der Waals surface area contributed by atoms with E-state index in [2.05, 4.69) is 153 Å². The van der Waals surface area contributed by atoms with Crippen molar-refractivity contribution in [2.45, 2.75) is 206 Å². The summed E-state index contributed by atoms with van der Waals surface area (Å²) in [6, 6.07) is -0.860. The third-order valence-corrected chi connectivity index (χ3v) is 12.5. The predicted molar refractivity (Wildman–Crippen MR) is 313 cm³/mol. The van der Waals surface area contributed by atoms with E-state index in [-0.39, 0.29) is 19.1 Å². The molecule has 8 nitrogen and oxygen atoms in total. The van der Waals surface area contributed by atoms with Gasteiger partial charge in [-0.05, 0) is 103 Å². The number of allylic oxidation sites excluding steroid dienone is 23. The van der Waals surface area contributed by atoms with Crippen LogP contribution in [0.15, 0.2) is 146 Å². The molecule has 0 fully saturated rings. The van der Waals surface area contributed by atoms with Gasteiger partial charge in [0.1, 0.15) is 13.2 Å². The van der Waals surface area contributed by atoms with Crippen LogP contribution in [0.2, 0.25) is 0 Å². The smallest absolute Gasteiger partial charge is 0.387 e. The molecule has 0 aromatic rings. The first kappa shape index (κ1) is 68.4. The van der Waals surface area contributed by atoms with Crippen LogP contribution < -0.4 is 5.32 Å². The van der Waals surface area contributed by atoms with Crippen molar-refractivity contribution in [1.82, 2.24) is 5.32 Å². The molecule has 0 aliphatic heterocycles. The Kier molecular flexibility index (Phi) is 49.6. The SMILES string of the molecule is CC/C=C\C/C=C\C/C=C\C/C=C\C/C=C\C/C=C\C/C=C\C/C=C\C/C=C\C/C=C\C/C=C\CCCCCCCCCC(=O)NC(COP(=O)(O)OCC[N+](C)(C)C)C(O)/C=C/CCCCCCCCC. The van der Waals surface area contributed by atoms with Crippen LogP contribution in [-0.4, -0.2) is 73.4 Å². The van der Waals surface area contributed by atoms with Crippen LogP contribution in [0, 0.1) is 0 Å². The van der Waals surface area contributed by atoms with Crippen LogP contribution in [0.25, 0.3) is 0 Å². The van der Waals surface area contributed by atoms with E-state index in [1.807, 2.05) is 27.2 Å². The Bertz CT molecular complexity index is 1670. The van der Waals surface area contributed by atoms with Gasteiger partial charge in [-0.15, -0.1) is 0 Å². The average molecular weight is 1020 g/mol. The second-order valence-electron chi connectivity index (χ2n) is 19.6. The van der Waals surface area contributed by atoms with Gasteiger partial charge >= 0.3 is 7.82 Å². The molecule has 0 aromatic heterocycles. The largest absolute Gasteiger partial charge is 0.472 e. The highest BCUT2D eigenvalue weighted by molar-refractivity contribution is 7.47. The number of nitrogens with zero attached hydrogens (tertiary/aromatic N) is 1. The molecule has 408 valence electrons. The van der Waals surface area contributed by atoms with Gasteiger partial charge in [0.25, 0.3) is 0 Å². The van der Waals surface area contributed by atoms with E-state index in [0.29, 0.717) is 17.4 Å². The van der Waals surface area contributed by atoms with Gasteiger partial charge in [-0.3, -0.25) is 13.8 Å². The Morgan fingerprint density at radius 1 is 0.486 bits per heavy atom. The van der Waals surface area contributed by atoms with Gasteiger partial charge < -0.3 is 19.8 Å². The van der Waals surface area contributed by atoms with Gasteiger partial charge in [-0.1, -0.05) is 230 Å². The van der Waals surface area contributed by atoms with Crippen molar-refractivity contribution in [3.63, 3.8) is 0 Å². The number of unbranched alkanes of at least 4 members (excludes halogenated alkanes) is 14. The molecule has 0 radical (unpaired) electrons. The van der Waals surface area contributed by atoms with Crippen LogP contribution in [0.3, 0.4) is 0 Å². The van der Waals surface area contributed by atoms with Crippen molar-refractivity contribution in [1.29, 1.82) is 0 Å². The van der Waals surface area contributed by atoms with E-state index in [4.69, 9.17) is 9.05 Å². The number of carbonyl (C=O) groups is 1. The normalized spacial score (nSPS) is 15.0. The predicted octanol–water partition coefficient (Wildman–Crippen LogP) is 17.3. The zero-order valence-corrected chi connectivity index (χ0v) is 47.2. The van der Waals surface area contributed by atoms with Crippen LogP contribution in [-0.2, 0) is 18.4 Å². The molecule has 1 amide bonds. The molecule has 0 aromatic carbocycles. The summed E-state index contributed by atoms with van der Waals surface area (Å²) >= 11 is 0. The number of phosphoric ester groups is 1. The standard InChI is InChI=1S/C63H105N2O6P/c1-6-8-10-12-14-16-17-18-19-20-21-22-23-24-25-26-27-28-29-30-31-32-33-34-35-36-37-38-39-40-41-42-43-44-45-46-47-49-51-53-55-57-63(67)64-61(60-71-72(68,69)70-59-58-65(3,4)5)62(66)56-54-52-50-48-15-13-11-9-7-2/h8,10,14,16,18-19,21-22,24-25,27-28,30-31,33-34,36-37,39-40,42-43,54,56,61-62,66H,6-7,9,11-13,15,17,20,23,26,29,32,35,38,41,44-53,55,57-60H2,1-5H3,(H-,64,67,68,69)/p+1/b10-8-,16-14-,19-18-,22-21-,25-24-,28-27-,31-30-,34-33-,37-36-,40-39-,43-42-,56-54+. The topological polar surface area (TPSA) is 105 Å². The number of nitrogens with one attached hydrogen (secondary N) is 1. The molecular formula is C63H106N2O6P+. The first-order valence-electron chi connectivity index (χ1n) is 28.2. The van der Waals surface area contributed by atoms with Gasteiger partial charge in [0.2, 0.25) is 5.91 Å². The number of rotatable bonds is 49. The number of hydrogen-bond acceptors (Lipinski definition) is 5. The molecule has 0 saturated carbocycles. The fraction of sp³-hybridized carbons (Fsp3) is 0.603. The highest BCUT2D eigenvalue weighted by atomic mass is 31.2. The summed E-state index contributed by atoms with van der Waals surface area (Å²) in [6.45, 7) is 4.63. The van der Waals surface area contributed by atoms with E-state index in [0.717, 1.165) is 122 Å². The van der Waals surface area contributed by atoms with Gasteiger partial charge in [0, 0.05) is 6.42 Å². The third-order valence-electron chi connectivity index (χ3n) is 11.6. The molecule has 0 saturated heterocycles. The summed E-state index contributed by atoms with van der Waals surface area (Å²) < 4.78 is 23.5. The number of carbonyl (C=O) groups excluding carboxylic acids is 1. The zero-order chi connectivity index (χ0) is 52.7. The van der Waals surface area contributed by atoms with E-state index in [1.165, 1.54) is 51.4 Å². The van der Waals surface area contributed by atoms with E-state index in [1.54, 1.807) is 6.08 Å². The number of aliphatic hydroxyl groups is 1. The number of amides is 1. The van der Waals surface area contributed by atoms with E-state index in [9.17, 15) is 19.4 Å². The van der Waals surface area contributed by atoms with Crippen molar-refractivity contribution in [3.8, 4) is 0 Å². The first-order valence-corrected chi connectivity index (χ1v) is 29.7. The van der Waals surface area contributed by atoms with Crippen LogP contribution in [0.4, 0.5) is 0 Å². The van der Waals surface area contributed by atoms with Crippen molar-refractivity contribution in [3.05, 3.63) is 146 Å². The van der Waals surface area contributed by atoms with Gasteiger partial charge in [-0.2, -0.15) is 0 Å². The highest BCUT2D eigenvalue weighted by Gasteiger charge is 2.27. The molecule has 0 bridgehead atoms. The lowest BCUT2D eigenvalue weighted by Crippen LogP contribution is -2.45. The lowest BCUT2D eigenvalue weighted by molar-refractivity contribution is -0.870. The number of aliphatic hydroxyl groups excluding tert-OH is 1. The van der Waals surface area contributed by atoms with Crippen molar-refractivity contribution in [2.24, 2.45) is 0 Å². The fourth-order valence-electron chi connectivity index (χ4n) is 7.16.